The Kier molecular flexibility index (Phi) is 4.22. The molecule has 2 aliphatic heterocycles. The second kappa shape index (κ2) is 6.34. The molecule has 1 aromatic heterocycles. The number of fused-ring (bicyclic) bond motifs is 1. The van der Waals surface area contributed by atoms with Gasteiger partial charge in [0.25, 0.3) is 5.91 Å². The molecule has 1 unspecified atom stereocenters. The number of carbonyl (C=O) groups excluding carboxylic acids is 2. The molecule has 0 aliphatic carbocycles. The fraction of sp³-hybridized carbons (Fsp3) is 0.381. The van der Waals surface area contributed by atoms with Gasteiger partial charge in [-0.05, 0) is 55.7 Å². The standard InChI is InChI=1S/C21H22ClN3O2/c1-13(26)24-7-6-14(12-24)15-8-17(11-23-10-15)25-20(27)18-5-4-16(22)9-19(18)21(25,2)3/h4-5,8-11,14H,6-7,12H2,1-3H3. The first-order valence-electron chi connectivity index (χ1n) is 9.14. The lowest BCUT2D eigenvalue weighted by molar-refractivity contribution is -0.127. The fourth-order valence-corrected chi connectivity index (χ4v) is 4.42. The van der Waals surface area contributed by atoms with E-state index in [0.717, 1.165) is 29.8 Å². The zero-order valence-corrected chi connectivity index (χ0v) is 16.5. The maximum absolute atomic E-state index is 13.1. The molecule has 27 heavy (non-hydrogen) atoms. The molecule has 2 aliphatic rings. The number of nitrogens with zero attached hydrogens (tertiary/aromatic N) is 3. The van der Waals surface area contributed by atoms with Crippen LogP contribution in [0.3, 0.4) is 0 Å². The van der Waals surface area contributed by atoms with Gasteiger partial charge in [0.15, 0.2) is 0 Å². The van der Waals surface area contributed by atoms with Gasteiger partial charge in [0.1, 0.15) is 0 Å². The van der Waals surface area contributed by atoms with Crippen LogP contribution in [0.25, 0.3) is 0 Å². The third-order valence-electron chi connectivity index (χ3n) is 5.74. The SMILES string of the molecule is CC(=O)N1CCC(c2cncc(N3C(=O)c4ccc(Cl)cc4C3(C)C)c2)C1. The molecule has 6 heteroatoms. The van der Waals surface area contributed by atoms with Gasteiger partial charge >= 0.3 is 0 Å². The minimum absolute atomic E-state index is 0.0394. The third kappa shape index (κ3) is 2.90. The molecule has 140 valence electrons. The van der Waals surface area contributed by atoms with Gasteiger partial charge in [-0.2, -0.15) is 0 Å². The first-order valence-corrected chi connectivity index (χ1v) is 9.52. The topological polar surface area (TPSA) is 53.5 Å². The molecule has 2 aromatic rings. The summed E-state index contributed by atoms with van der Waals surface area (Å²) in [5.41, 5.74) is 2.93. The van der Waals surface area contributed by atoms with E-state index >= 15 is 0 Å². The number of amides is 2. The van der Waals surface area contributed by atoms with Crippen LogP contribution in [-0.2, 0) is 10.3 Å². The predicted molar refractivity (Wildman–Crippen MR) is 105 cm³/mol. The molecule has 0 bridgehead atoms. The van der Waals surface area contributed by atoms with Crippen LogP contribution < -0.4 is 4.90 Å². The van der Waals surface area contributed by atoms with Crippen LogP contribution in [0.2, 0.25) is 5.02 Å². The maximum Gasteiger partial charge on any atom is 0.259 e. The van der Waals surface area contributed by atoms with E-state index < -0.39 is 5.54 Å². The summed E-state index contributed by atoms with van der Waals surface area (Å²) in [6, 6.07) is 7.45. The van der Waals surface area contributed by atoms with Crippen molar-refractivity contribution < 1.29 is 9.59 Å². The Bertz CT molecular complexity index is 941. The molecule has 0 N–H and O–H groups in total. The van der Waals surface area contributed by atoms with Crippen molar-refractivity contribution in [3.05, 3.63) is 58.4 Å². The zero-order chi connectivity index (χ0) is 19.3. The van der Waals surface area contributed by atoms with Gasteiger partial charge in [-0.15, -0.1) is 0 Å². The number of benzene rings is 1. The van der Waals surface area contributed by atoms with Crippen molar-refractivity contribution in [1.82, 2.24) is 9.88 Å². The van der Waals surface area contributed by atoms with Crippen LogP contribution in [0.1, 0.15) is 54.6 Å². The highest BCUT2D eigenvalue weighted by molar-refractivity contribution is 6.31. The number of likely N-dealkylation sites (tertiary alicyclic amines) is 1. The quantitative estimate of drug-likeness (QED) is 0.788. The van der Waals surface area contributed by atoms with Crippen molar-refractivity contribution in [3.63, 3.8) is 0 Å². The lowest BCUT2D eigenvalue weighted by Gasteiger charge is -2.32. The van der Waals surface area contributed by atoms with Crippen molar-refractivity contribution in [1.29, 1.82) is 0 Å². The van der Waals surface area contributed by atoms with E-state index in [1.807, 2.05) is 37.1 Å². The van der Waals surface area contributed by atoms with Crippen LogP contribution in [-0.4, -0.2) is 34.8 Å². The highest BCUT2D eigenvalue weighted by Crippen LogP contribution is 2.43. The number of hydrogen-bond donors (Lipinski definition) is 0. The number of hydrogen-bond acceptors (Lipinski definition) is 3. The average molecular weight is 384 g/mol. The van der Waals surface area contributed by atoms with Crippen molar-refractivity contribution in [2.24, 2.45) is 0 Å². The van der Waals surface area contributed by atoms with Gasteiger partial charge in [0.2, 0.25) is 5.91 Å². The molecule has 1 saturated heterocycles. The Morgan fingerprint density at radius 2 is 2.04 bits per heavy atom. The van der Waals surface area contributed by atoms with Gasteiger partial charge in [-0.3, -0.25) is 19.5 Å². The predicted octanol–water partition coefficient (Wildman–Crippen LogP) is 3.97. The van der Waals surface area contributed by atoms with E-state index in [0.29, 0.717) is 17.1 Å². The summed E-state index contributed by atoms with van der Waals surface area (Å²) in [4.78, 5) is 32.8. The first kappa shape index (κ1) is 18.0. The summed E-state index contributed by atoms with van der Waals surface area (Å²) < 4.78 is 0. The molecule has 0 saturated carbocycles. The molecule has 5 nitrogen and oxygen atoms in total. The minimum atomic E-state index is -0.515. The smallest absolute Gasteiger partial charge is 0.259 e. The summed E-state index contributed by atoms with van der Waals surface area (Å²) in [5, 5.41) is 0.624. The van der Waals surface area contributed by atoms with Gasteiger partial charge in [-0.25, -0.2) is 0 Å². The molecule has 1 atom stereocenters. The van der Waals surface area contributed by atoms with Crippen LogP contribution in [0.15, 0.2) is 36.7 Å². The van der Waals surface area contributed by atoms with Gasteiger partial charge in [0, 0.05) is 42.7 Å². The lowest BCUT2D eigenvalue weighted by atomic mass is 9.93. The highest BCUT2D eigenvalue weighted by atomic mass is 35.5. The van der Waals surface area contributed by atoms with Crippen molar-refractivity contribution >= 4 is 29.1 Å². The van der Waals surface area contributed by atoms with Crippen molar-refractivity contribution in [3.8, 4) is 0 Å². The van der Waals surface area contributed by atoms with Crippen molar-refractivity contribution in [2.45, 2.75) is 38.6 Å². The number of rotatable bonds is 2. The summed E-state index contributed by atoms with van der Waals surface area (Å²) >= 11 is 6.17. The molecule has 1 fully saturated rings. The zero-order valence-electron chi connectivity index (χ0n) is 15.7. The summed E-state index contributed by atoms with van der Waals surface area (Å²) in [7, 11) is 0. The van der Waals surface area contributed by atoms with E-state index in [9.17, 15) is 9.59 Å². The molecule has 4 rings (SSSR count). The average Bonchev–Trinajstić information content (AvgIpc) is 3.18. The van der Waals surface area contributed by atoms with E-state index in [1.165, 1.54) is 0 Å². The Balaban J connectivity index is 1.69. The van der Waals surface area contributed by atoms with Gasteiger partial charge < -0.3 is 4.90 Å². The van der Waals surface area contributed by atoms with Crippen molar-refractivity contribution in [2.75, 3.05) is 18.0 Å². The third-order valence-corrected chi connectivity index (χ3v) is 5.98. The fourth-order valence-electron chi connectivity index (χ4n) is 4.25. The van der Waals surface area contributed by atoms with Crippen LogP contribution >= 0.6 is 11.6 Å². The van der Waals surface area contributed by atoms with E-state index in [1.54, 1.807) is 30.2 Å². The molecule has 0 spiro atoms. The summed E-state index contributed by atoms with van der Waals surface area (Å²) in [6.45, 7) is 7.11. The van der Waals surface area contributed by atoms with E-state index in [2.05, 4.69) is 4.98 Å². The lowest BCUT2D eigenvalue weighted by Crippen LogP contribution is -2.39. The number of pyridine rings is 1. The van der Waals surface area contributed by atoms with E-state index in [4.69, 9.17) is 11.6 Å². The first-order chi connectivity index (χ1) is 12.8. The number of halogens is 1. The molecule has 1 aromatic carbocycles. The van der Waals surface area contributed by atoms with Gasteiger partial charge in [0.05, 0.1) is 17.4 Å². The highest BCUT2D eigenvalue weighted by Gasteiger charge is 2.44. The molecule has 3 heterocycles. The Labute approximate surface area is 163 Å². The van der Waals surface area contributed by atoms with E-state index in [-0.39, 0.29) is 17.7 Å². The Hall–Kier alpha value is -2.40. The molecular weight excluding hydrogens is 362 g/mol. The second-order valence-electron chi connectivity index (χ2n) is 7.82. The number of anilines is 1. The number of carbonyl (C=O) groups is 2. The summed E-state index contributed by atoms with van der Waals surface area (Å²) in [6.07, 6.45) is 4.49. The van der Waals surface area contributed by atoms with Crippen LogP contribution in [0, 0.1) is 0 Å². The number of aromatic nitrogens is 1. The van der Waals surface area contributed by atoms with Gasteiger partial charge in [-0.1, -0.05) is 11.6 Å². The second-order valence-corrected chi connectivity index (χ2v) is 8.25. The van der Waals surface area contributed by atoms with Crippen LogP contribution in [0.5, 0.6) is 0 Å². The molecule has 0 radical (unpaired) electrons. The Morgan fingerprint density at radius 1 is 1.26 bits per heavy atom. The largest absolute Gasteiger partial charge is 0.342 e. The normalized spacial score (nSPS) is 20.9. The monoisotopic (exact) mass is 383 g/mol. The Morgan fingerprint density at radius 3 is 2.74 bits per heavy atom. The summed E-state index contributed by atoms with van der Waals surface area (Å²) in [5.74, 6) is 0.311. The molecular formula is C21H22ClN3O2. The maximum atomic E-state index is 13.1. The van der Waals surface area contributed by atoms with Crippen LogP contribution in [0.4, 0.5) is 5.69 Å². The molecule has 2 amide bonds. The minimum Gasteiger partial charge on any atom is -0.342 e.